The lowest BCUT2D eigenvalue weighted by atomic mass is 10.1. The number of anilines is 1. The van der Waals surface area contributed by atoms with E-state index in [1.807, 2.05) is 48.0 Å². The first-order valence-corrected chi connectivity index (χ1v) is 11.1. The van der Waals surface area contributed by atoms with Gasteiger partial charge in [0.25, 0.3) is 5.91 Å². The number of amides is 1. The minimum atomic E-state index is -0.126. The molecule has 2 heterocycles. The zero-order valence-corrected chi connectivity index (χ0v) is 18.6. The van der Waals surface area contributed by atoms with Gasteiger partial charge in [-0.3, -0.25) is 14.4 Å². The second-order valence-electron chi connectivity index (χ2n) is 7.70. The minimum Gasteiger partial charge on any atom is -0.278 e. The van der Waals surface area contributed by atoms with Gasteiger partial charge in [0, 0.05) is 11.7 Å². The van der Waals surface area contributed by atoms with Crippen LogP contribution < -0.4 is 4.90 Å². The van der Waals surface area contributed by atoms with Crippen LogP contribution in [0.4, 0.5) is 5.13 Å². The number of nitrogens with zero attached hydrogens (tertiary/aromatic N) is 4. The fourth-order valence-electron chi connectivity index (χ4n) is 3.64. The van der Waals surface area contributed by atoms with E-state index < -0.39 is 0 Å². The number of thiazole rings is 1. The molecule has 154 valence electrons. The molecule has 5 nitrogen and oxygen atoms in total. The lowest BCUT2D eigenvalue weighted by Crippen LogP contribution is -2.30. The molecule has 2 aromatic carbocycles. The Balaban J connectivity index is 1.78. The second-order valence-corrected chi connectivity index (χ2v) is 8.71. The minimum absolute atomic E-state index is 0.126. The Bertz CT molecular complexity index is 1180. The number of hydrogen-bond donors (Lipinski definition) is 0. The van der Waals surface area contributed by atoms with Crippen LogP contribution in [0.15, 0.2) is 54.6 Å². The fraction of sp³-hybridized carbons (Fsp3) is 0.292. The summed E-state index contributed by atoms with van der Waals surface area (Å²) in [5, 5.41) is 5.29. The molecule has 4 aromatic rings. The molecule has 0 bridgehead atoms. The molecule has 0 aliphatic rings. The molecular weight excluding hydrogens is 392 g/mol. The van der Waals surface area contributed by atoms with Gasteiger partial charge in [0.05, 0.1) is 16.8 Å². The number of rotatable bonds is 6. The van der Waals surface area contributed by atoms with Gasteiger partial charge in [-0.25, -0.2) is 4.98 Å². The fourth-order valence-corrected chi connectivity index (χ4v) is 4.65. The van der Waals surface area contributed by atoms with Gasteiger partial charge in [0.15, 0.2) is 10.8 Å². The Kier molecular flexibility index (Phi) is 5.68. The summed E-state index contributed by atoms with van der Waals surface area (Å²) in [6, 6.07) is 18.3. The van der Waals surface area contributed by atoms with Crippen LogP contribution in [0.3, 0.4) is 0 Å². The van der Waals surface area contributed by atoms with Crippen LogP contribution in [0, 0.1) is 6.92 Å². The Hall–Kier alpha value is -2.99. The van der Waals surface area contributed by atoms with Crippen LogP contribution in [-0.2, 0) is 13.0 Å². The molecule has 6 heteroatoms. The maximum absolute atomic E-state index is 13.6. The smallest absolute Gasteiger partial charge is 0.278 e. The van der Waals surface area contributed by atoms with E-state index in [1.54, 1.807) is 16.2 Å². The van der Waals surface area contributed by atoms with E-state index in [1.165, 1.54) is 5.56 Å². The van der Waals surface area contributed by atoms with Gasteiger partial charge >= 0.3 is 0 Å². The van der Waals surface area contributed by atoms with Crippen molar-refractivity contribution in [3.63, 3.8) is 0 Å². The molecule has 2 aromatic heterocycles. The molecule has 0 aliphatic heterocycles. The topological polar surface area (TPSA) is 51.0 Å². The van der Waals surface area contributed by atoms with Crippen LogP contribution in [0.5, 0.6) is 0 Å². The highest BCUT2D eigenvalue weighted by atomic mass is 32.1. The third kappa shape index (κ3) is 3.87. The number of hydrogen-bond acceptors (Lipinski definition) is 4. The number of fused-ring (bicyclic) bond motifs is 1. The van der Waals surface area contributed by atoms with E-state index in [9.17, 15) is 4.79 Å². The van der Waals surface area contributed by atoms with Gasteiger partial charge in [0.1, 0.15) is 0 Å². The van der Waals surface area contributed by atoms with E-state index in [-0.39, 0.29) is 11.9 Å². The number of para-hydroxylation sites is 1. The van der Waals surface area contributed by atoms with Crippen molar-refractivity contribution < 1.29 is 4.79 Å². The molecule has 0 saturated heterocycles. The van der Waals surface area contributed by atoms with Crippen molar-refractivity contribution in [2.45, 2.75) is 46.7 Å². The zero-order chi connectivity index (χ0) is 21.3. The van der Waals surface area contributed by atoms with Gasteiger partial charge in [-0.15, -0.1) is 0 Å². The summed E-state index contributed by atoms with van der Waals surface area (Å²) >= 11 is 1.55. The third-order valence-corrected chi connectivity index (χ3v) is 6.21. The number of carbonyl (C=O) groups excluding carboxylic acids is 1. The quantitative estimate of drug-likeness (QED) is 0.398. The van der Waals surface area contributed by atoms with Crippen molar-refractivity contribution >= 4 is 32.6 Å². The van der Waals surface area contributed by atoms with Crippen LogP contribution in [0.1, 0.15) is 54.1 Å². The molecule has 0 fully saturated rings. The summed E-state index contributed by atoms with van der Waals surface area (Å²) in [7, 11) is 0. The van der Waals surface area contributed by atoms with Crippen molar-refractivity contribution in [3.05, 3.63) is 77.1 Å². The lowest BCUT2D eigenvalue weighted by Gasteiger charge is -2.19. The molecule has 0 atom stereocenters. The molecule has 4 rings (SSSR count). The molecule has 0 spiro atoms. The van der Waals surface area contributed by atoms with Crippen molar-refractivity contribution in [2.24, 2.45) is 0 Å². The van der Waals surface area contributed by atoms with E-state index >= 15 is 0 Å². The predicted molar refractivity (Wildman–Crippen MR) is 123 cm³/mol. The number of aromatic nitrogens is 3. The first-order chi connectivity index (χ1) is 14.5. The van der Waals surface area contributed by atoms with E-state index in [0.717, 1.165) is 27.9 Å². The molecule has 0 saturated carbocycles. The SMILES string of the molecule is CCc1cccc2sc(N(Cc3ccccc3)C(=O)c3cc(C)n(C(C)C)n3)nc12. The standard InChI is InChI=1S/C24H26N4OS/c1-5-19-12-9-13-21-22(19)25-24(30-21)27(15-18-10-7-6-8-11-18)23(29)20-14-17(4)28(26-20)16(2)3/h6-14,16H,5,15H2,1-4H3. The lowest BCUT2D eigenvalue weighted by molar-refractivity contribution is 0.0979. The van der Waals surface area contributed by atoms with E-state index in [4.69, 9.17) is 4.98 Å². The first-order valence-electron chi connectivity index (χ1n) is 10.3. The average molecular weight is 419 g/mol. The Morgan fingerprint density at radius 3 is 2.57 bits per heavy atom. The van der Waals surface area contributed by atoms with Crippen LogP contribution in [0.2, 0.25) is 0 Å². The maximum Gasteiger partial charge on any atom is 0.280 e. The Morgan fingerprint density at radius 2 is 1.90 bits per heavy atom. The summed E-state index contributed by atoms with van der Waals surface area (Å²) in [6.45, 7) is 8.69. The molecule has 0 aliphatic carbocycles. The molecule has 0 N–H and O–H groups in total. The van der Waals surface area contributed by atoms with Gasteiger partial charge in [-0.1, -0.05) is 60.7 Å². The summed E-state index contributed by atoms with van der Waals surface area (Å²) in [6.07, 6.45) is 0.908. The predicted octanol–water partition coefficient (Wildman–Crippen LogP) is 5.79. The highest BCUT2D eigenvalue weighted by Crippen LogP contribution is 2.32. The van der Waals surface area contributed by atoms with E-state index in [0.29, 0.717) is 17.4 Å². The van der Waals surface area contributed by atoms with Crippen LogP contribution in [-0.4, -0.2) is 20.7 Å². The summed E-state index contributed by atoms with van der Waals surface area (Å²) < 4.78 is 2.99. The van der Waals surface area contributed by atoms with Crippen molar-refractivity contribution in [1.82, 2.24) is 14.8 Å². The average Bonchev–Trinajstić information content (AvgIpc) is 3.35. The third-order valence-electron chi connectivity index (χ3n) is 5.16. The van der Waals surface area contributed by atoms with Crippen molar-refractivity contribution in [2.75, 3.05) is 4.90 Å². The van der Waals surface area contributed by atoms with Gasteiger partial charge < -0.3 is 0 Å². The monoisotopic (exact) mass is 418 g/mol. The summed E-state index contributed by atoms with van der Waals surface area (Å²) in [5.41, 5.74) is 4.66. The van der Waals surface area contributed by atoms with Crippen molar-refractivity contribution in [1.29, 1.82) is 0 Å². The number of carbonyl (C=O) groups is 1. The normalized spacial score (nSPS) is 11.4. The second kappa shape index (κ2) is 8.40. The summed E-state index contributed by atoms with van der Waals surface area (Å²) in [5.74, 6) is -0.126. The van der Waals surface area contributed by atoms with Crippen LogP contribution >= 0.6 is 11.3 Å². The van der Waals surface area contributed by atoms with Gasteiger partial charge in [-0.2, -0.15) is 5.10 Å². The molecule has 0 radical (unpaired) electrons. The molecule has 30 heavy (non-hydrogen) atoms. The Labute approximate surface area is 181 Å². The Morgan fingerprint density at radius 1 is 1.13 bits per heavy atom. The van der Waals surface area contributed by atoms with Gasteiger partial charge in [0.2, 0.25) is 0 Å². The van der Waals surface area contributed by atoms with Crippen molar-refractivity contribution in [3.8, 4) is 0 Å². The summed E-state index contributed by atoms with van der Waals surface area (Å²) in [4.78, 5) is 20.2. The molecular formula is C24H26N4OS. The first kappa shape index (κ1) is 20.3. The van der Waals surface area contributed by atoms with Gasteiger partial charge in [-0.05, 0) is 50.5 Å². The largest absolute Gasteiger partial charge is 0.280 e. The molecule has 1 amide bonds. The zero-order valence-electron chi connectivity index (χ0n) is 17.8. The van der Waals surface area contributed by atoms with Crippen LogP contribution in [0.25, 0.3) is 10.2 Å². The number of aryl methyl sites for hydroxylation is 2. The highest BCUT2D eigenvalue weighted by Gasteiger charge is 2.25. The highest BCUT2D eigenvalue weighted by molar-refractivity contribution is 7.22. The number of benzene rings is 2. The van der Waals surface area contributed by atoms with E-state index in [2.05, 4.69) is 44.1 Å². The molecule has 0 unspecified atom stereocenters. The maximum atomic E-state index is 13.6.